The average molecular weight is 996 g/mol. The van der Waals surface area contributed by atoms with E-state index in [0.29, 0.717) is 98.8 Å². The Bertz CT molecular complexity index is 2390. The van der Waals surface area contributed by atoms with Gasteiger partial charge < -0.3 is 65.8 Å². The highest BCUT2D eigenvalue weighted by atomic mass is 35.5. The maximum atomic E-state index is 13.1. The topological polar surface area (TPSA) is 145 Å². The summed E-state index contributed by atoms with van der Waals surface area (Å²) in [5, 5.41) is -0.358. The highest BCUT2D eigenvalue weighted by Crippen LogP contribution is 2.51. The van der Waals surface area contributed by atoms with Crippen LogP contribution in [0.15, 0.2) is 71.2 Å². The molecule has 6 rings (SSSR count). The number of rotatable bonds is 23. The van der Waals surface area contributed by atoms with Crippen LogP contribution in [0.3, 0.4) is 0 Å². The van der Waals surface area contributed by atoms with Gasteiger partial charge in [0.1, 0.15) is 17.1 Å². The SMILES string of the molecule is COC1=CC2CC[N@+](C)(CCCOC(=O)/C=C(\Cl)C(=O)OCCC[N@+]3(C)CCc4cc(OC)c(OC)cc4[C@H]3Cc3cc(OC)c(OC)c(OC)c3)[C@@H](c3cc(OC)c(OC)c(OC)c3)C2C=C1OC. The molecule has 2 heterocycles. The number of nitrogens with zero attached hydrogens (tertiary/aromatic N) is 2. The summed E-state index contributed by atoms with van der Waals surface area (Å²) in [6.45, 7) is 3.20. The number of fused-ring (bicyclic) bond motifs is 2. The molecule has 6 atom stereocenters. The van der Waals surface area contributed by atoms with E-state index < -0.39 is 11.9 Å². The van der Waals surface area contributed by atoms with E-state index in [-0.39, 0.29) is 42.2 Å². The van der Waals surface area contributed by atoms with Gasteiger partial charge in [-0.2, -0.15) is 0 Å². The van der Waals surface area contributed by atoms with Crippen LogP contribution in [0.5, 0.6) is 46.0 Å². The van der Waals surface area contributed by atoms with E-state index >= 15 is 0 Å². The van der Waals surface area contributed by atoms with E-state index in [2.05, 4.69) is 38.4 Å². The van der Waals surface area contributed by atoms with E-state index in [1.807, 2.05) is 24.3 Å². The number of likely N-dealkylation sites (N-methyl/N-ethyl adjacent to an activating group) is 1. The van der Waals surface area contributed by atoms with Crippen LogP contribution in [0.2, 0.25) is 0 Å². The molecule has 2 aliphatic heterocycles. The second kappa shape index (κ2) is 23.8. The lowest BCUT2D eigenvalue weighted by Crippen LogP contribution is -2.56. The van der Waals surface area contributed by atoms with Gasteiger partial charge >= 0.3 is 11.9 Å². The van der Waals surface area contributed by atoms with Crippen LogP contribution >= 0.6 is 11.6 Å². The average Bonchev–Trinajstić information content (AvgIpc) is 3.37. The fourth-order valence-corrected chi connectivity index (χ4v) is 10.8. The molecule has 2 unspecified atom stereocenters. The van der Waals surface area contributed by atoms with Crippen molar-refractivity contribution in [2.24, 2.45) is 11.8 Å². The fourth-order valence-electron chi connectivity index (χ4n) is 10.7. The number of carbonyl (C=O) groups is 2. The van der Waals surface area contributed by atoms with E-state index in [9.17, 15) is 9.59 Å². The molecule has 0 radical (unpaired) electrons. The highest BCUT2D eigenvalue weighted by Gasteiger charge is 2.49. The number of halogens is 1. The summed E-state index contributed by atoms with van der Waals surface area (Å²) in [5.41, 5.74) is 4.32. The molecule has 0 N–H and O–H groups in total. The molecule has 3 aromatic carbocycles. The molecule has 16 nitrogen and oxygen atoms in total. The molecular weight excluding hydrogens is 924 g/mol. The standard InChI is InChI=1S/C53H71ClN2O14/c1-55(19-15-34-26-41(59-3)43(61-5)30-37(34)40(55)23-33-24-45(63-7)51(67-11)46(25-33)64-8)17-13-22-70-53(58)39(54)32-49(57)69-21-14-18-56(2)20-16-35-27-42(60-4)44(62-6)31-38(35)50(56)36-28-47(65-9)52(68-12)48(29-36)66-10/h24-32,35,38,40,50H,13-23H2,1-12H3/q+2/b39-32-/t35?,38?,40-,50+,55-,56+/m1/s1. The largest absolute Gasteiger partial charge is 0.493 e. The maximum absolute atomic E-state index is 13.1. The van der Waals surface area contributed by atoms with Crippen LogP contribution in [-0.4, -0.2) is 145 Å². The van der Waals surface area contributed by atoms with Gasteiger partial charge in [0, 0.05) is 55.2 Å². The van der Waals surface area contributed by atoms with Crippen LogP contribution in [0, 0.1) is 11.8 Å². The van der Waals surface area contributed by atoms with Gasteiger partial charge in [0.25, 0.3) is 0 Å². The van der Waals surface area contributed by atoms with E-state index in [1.54, 1.807) is 71.1 Å². The van der Waals surface area contributed by atoms with E-state index in [0.717, 1.165) is 48.7 Å². The zero-order valence-corrected chi connectivity index (χ0v) is 43.5. The highest BCUT2D eigenvalue weighted by molar-refractivity contribution is 6.42. The molecule has 0 spiro atoms. The van der Waals surface area contributed by atoms with Gasteiger partial charge in [-0.3, -0.25) is 0 Å². The Balaban J connectivity index is 1.09. The number of quaternary nitrogens is 2. The summed E-state index contributed by atoms with van der Waals surface area (Å²) in [4.78, 5) is 26.2. The molecule has 17 heteroatoms. The van der Waals surface area contributed by atoms with Crippen molar-refractivity contribution in [2.75, 3.05) is 125 Å². The molecule has 0 saturated carbocycles. The van der Waals surface area contributed by atoms with Gasteiger partial charge in [0.15, 0.2) is 46.0 Å². The predicted molar refractivity (Wildman–Crippen MR) is 263 cm³/mol. The summed E-state index contributed by atoms with van der Waals surface area (Å²) in [6.07, 6.45) is 8.71. The third-order valence-electron chi connectivity index (χ3n) is 14.3. The first-order valence-corrected chi connectivity index (χ1v) is 23.8. The number of ether oxygens (including phenoxy) is 12. The third kappa shape index (κ3) is 11.5. The van der Waals surface area contributed by atoms with Gasteiger partial charge in [0.05, 0.1) is 125 Å². The molecule has 0 amide bonds. The lowest BCUT2D eigenvalue weighted by Gasteiger charge is -2.51. The van der Waals surface area contributed by atoms with Crippen molar-refractivity contribution in [3.05, 3.63) is 93.4 Å². The van der Waals surface area contributed by atoms with Gasteiger partial charge in [-0.25, -0.2) is 9.59 Å². The molecule has 1 aliphatic carbocycles. The first-order valence-electron chi connectivity index (χ1n) is 23.4. The Morgan fingerprint density at radius 2 is 1.14 bits per heavy atom. The Morgan fingerprint density at radius 1 is 0.614 bits per heavy atom. The molecule has 0 aromatic heterocycles. The quantitative estimate of drug-likeness (QED) is 0.0393. The third-order valence-corrected chi connectivity index (χ3v) is 14.5. The van der Waals surface area contributed by atoms with Crippen LogP contribution in [0.1, 0.15) is 53.6 Å². The first-order chi connectivity index (χ1) is 33.7. The number of methoxy groups -OCH3 is 10. The molecule has 0 bridgehead atoms. The molecule has 1 fully saturated rings. The minimum Gasteiger partial charge on any atom is -0.493 e. The Hall–Kier alpha value is -5.97. The zero-order chi connectivity index (χ0) is 50.8. The number of piperidine rings is 1. The lowest BCUT2D eigenvalue weighted by molar-refractivity contribution is -0.949. The van der Waals surface area contributed by atoms with Crippen molar-refractivity contribution < 1.29 is 75.4 Å². The van der Waals surface area contributed by atoms with Gasteiger partial charge in [-0.05, 0) is 65.6 Å². The number of esters is 2. The number of hydrogen-bond donors (Lipinski definition) is 0. The fraction of sp³-hybridized carbons (Fsp3) is 0.509. The molecule has 3 aromatic rings. The van der Waals surface area contributed by atoms with Crippen molar-refractivity contribution >= 4 is 23.5 Å². The number of allylic oxidation sites excluding steroid dienone is 1. The monoisotopic (exact) mass is 994 g/mol. The summed E-state index contributed by atoms with van der Waals surface area (Å²) in [5.74, 6) is 4.71. The first kappa shape index (κ1) is 53.4. The molecule has 3 aliphatic rings. The Morgan fingerprint density at radius 3 is 1.70 bits per heavy atom. The summed E-state index contributed by atoms with van der Waals surface area (Å²) in [7, 11) is 20.6. The number of carbonyl (C=O) groups excluding carboxylic acids is 2. The number of hydrogen-bond acceptors (Lipinski definition) is 14. The molecular formula is C53H71ClN2O14+2. The van der Waals surface area contributed by atoms with E-state index in [4.69, 9.17) is 68.4 Å². The van der Waals surface area contributed by atoms with Crippen molar-refractivity contribution in [3.8, 4) is 46.0 Å². The van der Waals surface area contributed by atoms with Gasteiger partial charge in [-0.1, -0.05) is 11.6 Å². The van der Waals surface area contributed by atoms with E-state index in [1.165, 1.54) is 5.56 Å². The van der Waals surface area contributed by atoms with Crippen molar-refractivity contribution in [1.29, 1.82) is 0 Å². The van der Waals surface area contributed by atoms with Gasteiger partial charge in [-0.15, -0.1) is 0 Å². The van der Waals surface area contributed by atoms with Crippen molar-refractivity contribution in [2.45, 2.75) is 44.2 Å². The smallest absolute Gasteiger partial charge is 0.350 e. The Labute approximate surface area is 417 Å². The maximum Gasteiger partial charge on any atom is 0.350 e. The van der Waals surface area contributed by atoms with Crippen LogP contribution in [0.4, 0.5) is 0 Å². The minimum absolute atomic E-state index is 0.0223. The normalized spacial score (nSPS) is 22.7. The van der Waals surface area contributed by atoms with Crippen LogP contribution in [-0.2, 0) is 41.4 Å². The molecule has 1 saturated heterocycles. The molecule has 70 heavy (non-hydrogen) atoms. The number of benzene rings is 3. The van der Waals surface area contributed by atoms with Crippen LogP contribution < -0.4 is 37.9 Å². The van der Waals surface area contributed by atoms with Gasteiger partial charge in [0.2, 0.25) is 11.5 Å². The summed E-state index contributed by atoms with van der Waals surface area (Å²) >= 11 is 6.37. The Kier molecular flexibility index (Phi) is 18.1. The van der Waals surface area contributed by atoms with Crippen molar-refractivity contribution in [3.63, 3.8) is 0 Å². The second-order valence-corrected chi connectivity index (χ2v) is 18.6. The summed E-state index contributed by atoms with van der Waals surface area (Å²) < 4.78 is 69.6. The van der Waals surface area contributed by atoms with Crippen molar-refractivity contribution in [1.82, 2.24) is 0 Å². The summed E-state index contributed by atoms with van der Waals surface area (Å²) in [6, 6.07) is 12.0. The number of likely N-dealkylation sites (tertiary alicyclic amines) is 1. The molecule has 382 valence electrons. The van der Waals surface area contributed by atoms with Crippen LogP contribution in [0.25, 0.3) is 0 Å². The predicted octanol–water partition coefficient (Wildman–Crippen LogP) is 7.93. The second-order valence-electron chi connectivity index (χ2n) is 18.2. The minimum atomic E-state index is -0.799. The zero-order valence-electron chi connectivity index (χ0n) is 42.8. The lowest BCUT2D eigenvalue weighted by atomic mass is 9.72.